The van der Waals surface area contributed by atoms with E-state index >= 15 is 0 Å². The van der Waals surface area contributed by atoms with Gasteiger partial charge < -0.3 is 14.4 Å². The van der Waals surface area contributed by atoms with Crippen molar-refractivity contribution in [1.82, 2.24) is 0 Å². The summed E-state index contributed by atoms with van der Waals surface area (Å²) in [5, 5.41) is 0. The zero-order valence-corrected chi connectivity index (χ0v) is 32.5. The van der Waals surface area contributed by atoms with E-state index in [4.69, 9.17) is 9.47 Å². The number of benzene rings is 5. The Morgan fingerprint density at radius 1 is 0.768 bits per heavy atom. The molecular formula is C53H47NO2. The number of hydrogen-bond donors (Lipinski definition) is 0. The summed E-state index contributed by atoms with van der Waals surface area (Å²) in [4.78, 5) is 2.49. The van der Waals surface area contributed by atoms with E-state index in [9.17, 15) is 0 Å². The lowest BCUT2D eigenvalue weighted by Gasteiger charge is -2.44. The predicted molar refractivity (Wildman–Crippen MR) is 234 cm³/mol. The zero-order chi connectivity index (χ0) is 38.6. The number of ether oxygens (including phenoxy) is 2. The second kappa shape index (κ2) is 13.8. The molecule has 0 N–H and O–H groups in total. The Labute approximate surface area is 331 Å². The van der Waals surface area contributed by atoms with Gasteiger partial charge in [-0.15, -0.1) is 6.58 Å². The molecule has 0 fully saturated rings. The number of anilines is 1. The van der Waals surface area contributed by atoms with Crippen LogP contribution in [0.2, 0.25) is 0 Å². The van der Waals surface area contributed by atoms with Gasteiger partial charge in [0.2, 0.25) is 0 Å². The standard InChI is InChI=1S/C53H47NO2/c1-7-32-52(5,6)54(36(4)21-10-9-20-35(3)8-2)47-30-18-14-25-40(47)41-26-19-31-48-51(41)56-49-33-42-39-24-13-17-29-45(39)53(46(42)34-50(49)55-48)43-27-15-11-22-37(43)38-23-12-16-28-44(38)53/h7-16,18-28,30-31,33-34,36H,1-3,17,29,32H2,4-6H3/b20-9+,21-10-. The number of fused-ring (bicyclic) bond motifs is 11. The van der Waals surface area contributed by atoms with Crippen molar-refractivity contribution < 1.29 is 9.47 Å². The van der Waals surface area contributed by atoms with Crippen LogP contribution in [0.1, 0.15) is 62.3 Å². The molecule has 9 rings (SSSR count). The minimum absolute atomic E-state index is 0.0527. The minimum Gasteiger partial charge on any atom is -0.449 e. The lowest BCUT2D eigenvalue weighted by molar-refractivity contribution is 0.360. The van der Waals surface area contributed by atoms with Crippen LogP contribution in [0.25, 0.3) is 27.8 Å². The smallest absolute Gasteiger partial charge is 0.178 e. The SMILES string of the molecule is C=CCC(C)(C)N(c1ccccc1-c1cccc2c1Oc1cc3c(cc1O2)C1(C2=C3C=CCC2)c2ccccc2-c2ccccc21)C(C)/C=C\C=C\C(=C)C=C. The van der Waals surface area contributed by atoms with Gasteiger partial charge in [0.05, 0.1) is 5.41 Å². The van der Waals surface area contributed by atoms with Crippen molar-refractivity contribution in [1.29, 1.82) is 0 Å². The van der Waals surface area contributed by atoms with Crippen LogP contribution < -0.4 is 14.4 Å². The molecule has 1 atom stereocenters. The molecule has 1 aliphatic heterocycles. The summed E-state index contributed by atoms with van der Waals surface area (Å²) >= 11 is 0. The summed E-state index contributed by atoms with van der Waals surface area (Å²) in [5.74, 6) is 2.91. The van der Waals surface area contributed by atoms with Gasteiger partial charge in [0.15, 0.2) is 23.0 Å². The van der Waals surface area contributed by atoms with Crippen molar-refractivity contribution in [2.45, 2.75) is 57.0 Å². The van der Waals surface area contributed by atoms with Crippen LogP contribution in [0.5, 0.6) is 23.0 Å². The van der Waals surface area contributed by atoms with Crippen molar-refractivity contribution in [3.05, 3.63) is 205 Å². The third-order valence-corrected chi connectivity index (χ3v) is 12.0. The van der Waals surface area contributed by atoms with E-state index in [1.807, 2.05) is 24.3 Å². The zero-order valence-electron chi connectivity index (χ0n) is 32.5. The Morgan fingerprint density at radius 2 is 1.45 bits per heavy atom. The molecule has 0 radical (unpaired) electrons. The normalized spacial score (nSPS) is 16.0. The first kappa shape index (κ1) is 35.4. The highest BCUT2D eigenvalue weighted by Gasteiger charge is 2.53. The Balaban J connectivity index is 1.16. The van der Waals surface area contributed by atoms with Crippen molar-refractivity contribution >= 4 is 11.3 Å². The van der Waals surface area contributed by atoms with Gasteiger partial charge in [-0.2, -0.15) is 0 Å². The summed E-state index contributed by atoms with van der Waals surface area (Å²) in [5.41, 5.74) is 14.0. The molecule has 0 aromatic heterocycles. The summed E-state index contributed by atoms with van der Waals surface area (Å²) in [6.07, 6.45) is 19.6. The number of rotatable bonds is 10. The summed E-state index contributed by atoms with van der Waals surface area (Å²) in [6.45, 7) is 18.7. The van der Waals surface area contributed by atoms with Gasteiger partial charge in [-0.05, 0) is 114 Å². The maximum Gasteiger partial charge on any atom is 0.178 e. The molecule has 1 spiro atoms. The third-order valence-electron chi connectivity index (χ3n) is 12.0. The van der Waals surface area contributed by atoms with Crippen molar-refractivity contribution in [2.75, 3.05) is 4.90 Å². The van der Waals surface area contributed by atoms with Gasteiger partial charge >= 0.3 is 0 Å². The van der Waals surface area contributed by atoms with Gasteiger partial charge in [0, 0.05) is 28.4 Å². The molecule has 5 aromatic carbocycles. The molecule has 0 amide bonds. The van der Waals surface area contributed by atoms with Crippen LogP contribution >= 0.6 is 0 Å². The molecule has 1 heterocycles. The molecule has 3 nitrogen and oxygen atoms in total. The Morgan fingerprint density at radius 3 is 2.18 bits per heavy atom. The van der Waals surface area contributed by atoms with Gasteiger partial charge in [-0.3, -0.25) is 0 Å². The Bertz CT molecular complexity index is 2530. The topological polar surface area (TPSA) is 21.7 Å². The summed E-state index contributed by atoms with van der Waals surface area (Å²) < 4.78 is 14.0. The third kappa shape index (κ3) is 5.40. The highest BCUT2D eigenvalue weighted by molar-refractivity contribution is 5.98. The molecule has 3 aliphatic carbocycles. The fraction of sp³-hybridized carbons (Fsp3) is 0.170. The monoisotopic (exact) mass is 729 g/mol. The molecule has 0 bridgehead atoms. The van der Waals surface area contributed by atoms with Crippen molar-refractivity contribution in [2.24, 2.45) is 0 Å². The number of hydrogen-bond acceptors (Lipinski definition) is 3. The second-order valence-electron chi connectivity index (χ2n) is 15.8. The maximum atomic E-state index is 7.05. The van der Waals surface area contributed by atoms with Crippen LogP contribution in [0.3, 0.4) is 0 Å². The molecule has 0 saturated carbocycles. The van der Waals surface area contributed by atoms with E-state index in [0.29, 0.717) is 5.75 Å². The molecular weight excluding hydrogens is 683 g/mol. The van der Waals surface area contributed by atoms with E-state index in [1.165, 1.54) is 44.5 Å². The first-order valence-electron chi connectivity index (χ1n) is 19.7. The Hall–Kier alpha value is -6.32. The molecule has 4 aliphatic rings. The van der Waals surface area contributed by atoms with Gasteiger partial charge in [-0.1, -0.05) is 141 Å². The minimum atomic E-state index is -0.371. The maximum absolute atomic E-state index is 7.05. The molecule has 5 aromatic rings. The number of para-hydroxylation sites is 2. The van der Waals surface area contributed by atoms with E-state index < -0.39 is 0 Å². The molecule has 276 valence electrons. The van der Waals surface area contributed by atoms with Crippen LogP contribution in [0.4, 0.5) is 5.69 Å². The molecule has 3 heteroatoms. The fourth-order valence-electron chi connectivity index (χ4n) is 9.73. The second-order valence-corrected chi connectivity index (χ2v) is 15.8. The lowest BCUT2D eigenvalue weighted by Crippen LogP contribution is -2.48. The molecule has 56 heavy (non-hydrogen) atoms. The van der Waals surface area contributed by atoms with Gasteiger partial charge in [0.1, 0.15) is 0 Å². The first-order chi connectivity index (χ1) is 27.3. The highest BCUT2D eigenvalue weighted by Crippen LogP contribution is 2.65. The molecule has 0 saturated heterocycles. The number of allylic oxidation sites excluding steroid dienone is 9. The van der Waals surface area contributed by atoms with E-state index in [1.54, 1.807) is 6.08 Å². The average molecular weight is 730 g/mol. The van der Waals surface area contributed by atoms with E-state index in [0.717, 1.165) is 58.9 Å². The first-order valence-corrected chi connectivity index (χ1v) is 19.7. The average Bonchev–Trinajstić information content (AvgIpc) is 3.67. The summed E-state index contributed by atoms with van der Waals surface area (Å²) in [6, 6.07) is 37.3. The quantitative estimate of drug-likeness (QED) is 0.104. The highest BCUT2D eigenvalue weighted by atomic mass is 16.6. The van der Waals surface area contributed by atoms with E-state index in [-0.39, 0.29) is 17.0 Å². The van der Waals surface area contributed by atoms with Crippen LogP contribution in [-0.4, -0.2) is 11.6 Å². The van der Waals surface area contributed by atoms with E-state index in [2.05, 4.69) is 167 Å². The summed E-state index contributed by atoms with van der Waals surface area (Å²) in [7, 11) is 0. The lowest BCUT2D eigenvalue weighted by atomic mass is 9.68. The largest absolute Gasteiger partial charge is 0.449 e. The van der Waals surface area contributed by atoms with Gasteiger partial charge in [0.25, 0.3) is 0 Å². The Kier molecular flexibility index (Phi) is 8.70. The van der Waals surface area contributed by atoms with Crippen LogP contribution in [-0.2, 0) is 5.41 Å². The van der Waals surface area contributed by atoms with Crippen molar-refractivity contribution in [3.8, 4) is 45.3 Å². The fourth-order valence-corrected chi connectivity index (χ4v) is 9.73. The van der Waals surface area contributed by atoms with Gasteiger partial charge in [-0.25, -0.2) is 0 Å². The molecule has 1 unspecified atom stereocenters. The van der Waals surface area contributed by atoms with Crippen molar-refractivity contribution in [3.63, 3.8) is 0 Å². The number of nitrogens with zero attached hydrogens (tertiary/aromatic N) is 1. The van der Waals surface area contributed by atoms with Crippen LogP contribution in [0, 0.1) is 0 Å². The van der Waals surface area contributed by atoms with Crippen LogP contribution in [0.15, 0.2) is 183 Å². The predicted octanol–water partition coefficient (Wildman–Crippen LogP) is 14.1.